The van der Waals surface area contributed by atoms with Crippen LogP contribution in [-0.2, 0) is 17.8 Å². The molecule has 1 aromatic carbocycles. The summed E-state index contributed by atoms with van der Waals surface area (Å²) < 4.78 is 1.12. The topological polar surface area (TPSA) is 82.5 Å². The lowest BCUT2D eigenvalue weighted by Gasteiger charge is -2.21. The summed E-state index contributed by atoms with van der Waals surface area (Å²) in [6.45, 7) is 4.83. The number of aliphatic carboxylic acids is 1. The quantitative estimate of drug-likeness (QED) is 0.626. The number of halogens is 1. The Labute approximate surface area is 182 Å². The van der Waals surface area contributed by atoms with Crippen LogP contribution in [0.15, 0.2) is 34.9 Å². The summed E-state index contributed by atoms with van der Waals surface area (Å²) in [5.41, 5.74) is 5.11. The number of aromatic nitrogens is 3. The van der Waals surface area contributed by atoms with Crippen LogP contribution in [0.4, 0.5) is 11.5 Å². The van der Waals surface area contributed by atoms with E-state index in [1.54, 1.807) is 0 Å². The molecule has 2 aliphatic heterocycles. The predicted octanol–water partition coefficient (Wildman–Crippen LogP) is 3.70. The van der Waals surface area contributed by atoms with E-state index in [-0.39, 0.29) is 5.92 Å². The van der Waals surface area contributed by atoms with Crippen molar-refractivity contribution in [3.05, 3.63) is 51.9 Å². The number of carboxylic acids is 1. The van der Waals surface area contributed by atoms with Crippen molar-refractivity contribution in [2.24, 2.45) is 5.92 Å². The first-order valence-electron chi connectivity index (χ1n) is 10.1. The van der Waals surface area contributed by atoms with Crippen molar-refractivity contribution >= 4 is 44.4 Å². The monoisotopic (exact) mass is 467 g/mol. The third kappa shape index (κ3) is 3.44. The van der Waals surface area contributed by atoms with Gasteiger partial charge < -0.3 is 10.0 Å². The molecular formula is C22H22BrN5O2. The van der Waals surface area contributed by atoms with Gasteiger partial charge in [-0.3, -0.25) is 14.7 Å². The molecule has 0 saturated carbocycles. The third-order valence-corrected chi connectivity index (χ3v) is 6.68. The number of rotatable bonds is 4. The second-order valence-corrected chi connectivity index (χ2v) is 8.86. The number of hydrogen-bond donors (Lipinski definition) is 1. The molecule has 3 aromatic rings. The van der Waals surface area contributed by atoms with E-state index in [0.29, 0.717) is 25.3 Å². The van der Waals surface area contributed by atoms with Gasteiger partial charge in [0.2, 0.25) is 0 Å². The maximum Gasteiger partial charge on any atom is 0.307 e. The molecule has 154 valence electrons. The molecule has 0 unspecified atom stereocenters. The summed E-state index contributed by atoms with van der Waals surface area (Å²) in [5, 5.41) is 9.23. The van der Waals surface area contributed by atoms with E-state index >= 15 is 0 Å². The first kappa shape index (κ1) is 19.4. The van der Waals surface area contributed by atoms with Gasteiger partial charge in [0.25, 0.3) is 0 Å². The highest BCUT2D eigenvalue weighted by Crippen LogP contribution is 2.39. The zero-order valence-electron chi connectivity index (χ0n) is 16.7. The van der Waals surface area contributed by atoms with Crippen LogP contribution in [-0.4, -0.2) is 50.6 Å². The first-order valence-corrected chi connectivity index (χ1v) is 10.9. The van der Waals surface area contributed by atoms with Crippen molar-refractivity contribution in [1.29, 1.82) is 0 Å². The van der Waals surface area contributed by atoms with Crippen LogP contribution < -0.4 is 4.90 Å². The molecule has 1 saturated heterocycles. The van der Waals surface area contributed by atoms with Crippen molar-refractivity contribution in [3.63, 3.8) is 0 Å². The van der Waals surface area contributed by atoms with Crippen LogP contribution in [0.1, 0.15) is 23.4 Å². The third-order valence-electron chi connectivity index (χ3n) is 5.94. The van der Waals surface area contributed by atoms with Gasteiger partial charge in [-0.1, -0.05) is 22.0 Å². The zero-order chi connectivity index (χ0) is 20.8. The average Bonchev–Trinajstić information content (AvgIpc) is 3.35. The Hall–Kier alpha value is -2.58. The zero-order valence-corrected chi connectivity index (χ0v) is 18.3. The van der Waals surface area contributed by atoms with E-state index in [4.69, 9.17) is 9.97 Å². The molecule has 8 heteroatoms. The van der Waals surface area contributed by atoms with E-state index in [9.17, 15) is 9.90 Å². The van der Waals surface area contributed by atoms with Crippen LogP contribution in [0.2, 0.25) is 0 Å². The molecule has 2 aliphatic rings. The van der Waals surface area contributed by atoms with Gasteiger partial charge in [-0.2, -0.15) is 0 Å². The Kier molecular flexibility index (Phi) is 4.91. The van der Waals surface area contributed by atoms with Crippen molar-refractivity contribution in [2.45, 2.75) is 26.3 Å². The normalized spacial score (nSPS) is 18.9. The van der Waals surface area contributed by atoms with Crippen molar-refractivity contribution in [1.82, 2.24) is 19.9 Å². The minimum atomic E-state index is -0.709. The molecule has 1 atom stereocenters. The largest absolute Gasteiger partial charge is 0.481 e. The van der Waals surface area contributed by atoms with Crippen LogP contribution in [0, 0.1) is 12.8 Å². The highest BCUT2D eigenvalue weighted by atomic mass is 79.9. The molecule has 0 spiro atoms. The molecule has 1 N–H and O–H groups in total. The number of benzene rings is 1. The van der Waals surface area contributed by atoms with Crippen LogP contribution in [0.25, 0.3) is 11.0 Å². The Morgan fingerprint density at radius 1 is 1.30 bits per heavy atom. The van der Waals surface area contributed by atoms with Gasteiger partial charge in [-0.05, 0) is 55.6 Å². The smallest absolute Gasteiger partial charge is 0.307 e. The number of likely N-dealkylation sites (tertiary alicyclic amines) is 1. The number of carbonyl (C=O) groups is 1. The first-order chi connectivity index (χ1) is 14.5. The SMILES string of the molecule is Cc1nc(N2CCc3c(Br)cccc32)c2ncc(CN3CC[C@@H](C(=O)O)C3)cc2n1. The molecule has 5 rings (SSSR count). The van der Waals surface area contributed by atoms with Crippen molar-refractivity contribution in [2.75, 3.05) is 24.5 Å². The number of fused-ring (bicyclic) bond motifs is 2. The van der Waals surface area contributed by atoms with Crippen LogP contribution >= 0.6 is 15.9 Å². The molecule has 30 heavy (non-hydrogen) atoms. The standard InChI is InChI=1S/C22H22BrN5O2/c1-13-25-18-9-14(11-27-7-5-15(12-27)22(29)30)10-24-20(18)21(26-13)28-8-6-16-17(23)3-2-4-19(16)28/h2-4,9-10,15H,5-8,11-12H2,1H3,(H,29,30)/t15-/m1/s1. The Morgan fingerprint density at radius 3 is 2.97 bits per heavy atom. The van der Waals surface area contributed by atoms with Gasteiger partial charge in [0, 0.05) is 36.0 Å². The summed E-state index contributed by atoms with van der Waals surface area (Å²) in [6, 6.07) is 8.30. The maximum absolute atomic E-state index is 11.2. The summed E-state index contributed by atoms with van der Waals surface area (Å²) >= 11 is 3.66. The van der Waals surface area contributed by atoms with E-state index in [2.05, 4.69) is 48.9 Å². The number of aryl methyl sites for hydroxylation is 1. The molecule has 4 heterocycles. The van der Waals surface area contributed by atoms with Gasteiger partial charge in [0.15, 0.2) is 5.82 Å². The van der Waals surface area contributed by atoms with Gasteiger partial charge >= 0.3 is 5.97 Å². The second kappa shape index (κ2) is 7.59. The Bertz CT molecular complexity index is 1150. The highest BCUT2D eigenvalue weighted by molar-refractivity contribution is 9.10. The number of pyridine rings is 1. The fourth-order valence-electron chi connectivity index (χ4n) is 4.48. The summed E-state index contributed by atoms with van der Waals surface area (Å²) in [5.74, 6) is 0.573. The molecule has 7 nitrogen and oxygen atoms in total. The number of carboxylic acid groups (broad SMARTS) is 1. The minimum absolute atomic E-state index is 0.274. The number of nitrogens with zero attached hydrogens (tertiary/aromatic N) is 5. The number of anilines is 2. The van der Waals surface area contributed by atoms with Gasteiger partial charge in [0.05, 0.1) is 11.4 Å². The summed E-state index contributed by atoms with van der Waals surface area (Å²) in [4.78, 5) is 29.7. The minimum Gasteiger partial charge on any atom is -0.481 e. The van der Waals surface area contributed by atoms with Crippen LogP contribution in [0.3, 0.4) is 0 Å². The Balaban J connectivity index is 1.47. The lowest BCUT2D eigenvalue weighted by atomic mass is 10.1. The van der Waals surface area contributed by atoms with E-state index in [1.165, 1.54) is 5.56 Å². The Morgan fingerprint density at radius 2 is 2.17 bits per heavy atom. The van der Waals surface area contributed by atoms with Gasteiger partial charge in [-0.15, -0.1) is 0 Å². The average molecular weight is 468 g/mol. The molecule has 0 aliphatic carbocycles. The maximum atomic E-state index is 11.2. The van der Waals surface area contributed by atoms with Gasteiger partial charge in [-0.25, -0.2) is 9.97 Å². The molecule has 0 bridgehead atoms. The fraction of sp³-hybridized carbons (Fsp3) is 0.364. The predicted molar refractivity (Wildman–Crippen MR) is 118 cm³/mol. The van der Waals surface area contributed by atoms with Crippen molar-refractivity contribution < 1.29 is 9.90 Å². The lowest BCUT2D eigenvalue weighted by Crippen LogP contribution is -2.23. The molecular weight excluding hydrogens is 446 g/mol. The fourth-order valence-corrected chi connectivity index (χ4v) is 5.03. The lowest BCUT2D eigenvalue weighted by molar-refractivity contribution is -0.141. The van der Waals surface area contributed by atoms with E-state index < -0.39 is 5.97 Å². The highest BCUT2D eigenvalue weighted by Gasteiger charge is 2.28. The summed E-state index contributed by atoms with van der Waals surface area (Å²) in [7, 11) is 0. The number of hydrogen-bond acceptors (Lipinski definition) is 6. The van der Waals surface area contributed by atoms with E-state index in [1.807, 2.05) is 19.2 Å². The van der Waals surface area contributed by atoms with Gasteiger partial charge in [0.1, 0.15) is 11.3 Å². The second-order valence-electron chi connectivity index (χ2n) is 8.00. The molecule has 2 aromatic heterocycles. The van der Waals surface area contributed by atoms with Crippen LogP contribution in [0.5, 0.6) is 0 Å². The van der Waals surface area contributed by atoms with Crippen molar-refractivity contribution in [3.8, 4) is 0 Å². The molecule has 0 radical (unpaired) electrons. The van der Waals surface area contributed by atoms with E-state index in [0.717, 1.165) is 52.1 Å². The molecule has 1 fully saturated rings. The molecule has 0 amide bonds. The summed E-state index contributed by atoms with van der Waals surface area (Å²) in [6.07, 6.45) is 3.53.